The Kier molecular flexibility index (Phi) is 4.35. The minimum atomic E-state index is -0.345. The summed E-state index contributed by atoms with van der Waals surface area (Å²) in [5.41, 5.74) is 5.84. The Balaban J connectivity index is 2.31. The zero-order chi connectivity index (χ0) is 10.6. The number of nitrogens with zero attached hydrogens (tertiary/aromatic N) is 1. The van der Waals surface area contributed by atoms with E-state index in [0.29, 0.717) is 5.92 Å². The molecule has 0 aromatic heterocycles. The van der Waals surface area contributed by atoms with Gasteiger partial charge in [-0.3, -0.25) is 0 Å². The summed E-state index contributed by atoms with van der Waals surface area (Å²) >= 11 is 0. The largest absolute Gasteiger partial charge is 0.394 e. The second kappa shape index (κ2) is 5.10. The normalized spacial score (nSPS) is 21.2. The van der Waals surface area contributed by atoms with Crippen molar-refractivity contribution < 1.29 is 5.11 Å². The molecule has 1 saturated carbocycles. The third-order valence-corrected chi connectivity index (χ3v) is 3.14. The van der Waals surface area contributed by atoms with E-state index in [1.165, 1.54) is 25.7 Å². The van der Waals surface area contributed by atoms with Crippen molar-refractivity contribution in [2.75, 3.05) is 26.7 Å². The molecule has 0 amide bonds. The Morgan fingerprint density at radius 3 is 2.57 bits per heavy atom. The minimum absolute atomic E-state index is 0.119. The van der Waals surface area contributed by atoms with Crippen molar-refractivity contribution in [2.24, 2.45) is 11.7 Å². The lowest BCUT2D eigenvalue weighted by Gasteiger charge is -2.32. The van der Waals surface area contributed by atoms with Crippen molar-refractivity contribution in [3.8, 4) is 0 Å². The summed E-state index contributed by atoms with van der Waals surface area (Å²) in [5.74, 6) is 0.552. The number of hydrogen-bond donors (Lipinski definition) is 2. The molecule has 1 rings (SSSR count). The summed E-state index contributed by atoms with van der Waals surface area (Å²) in [6.45, 7) is 4.22. The molecule has 3 nitrogen and oxygen atoms in total. The Morgan fingerprint density at radius 1 is 1.50 bits per heavy atom. The number of hydrogen-bond acceptors (Lipinski definition) is 3. The average molecular weight is 200 g/mol. The van der Waals surface area contributed by atoms with Gasteiger partial charge in [-0.1, -0.05) is 13.3 Å². The van der Waals surface area contributed by atoms with Crippen molar-refractivity contribution in [2.45, 2.75) is 38.1 Å². The molecular formula is C11H24N2O. The van der Waals surface area contributed by atoms with E-state index in [0.717, 1.165) is 13.1 Å². The number of aliphatic hydroxyl groups is 1. The molecule has 1 fully saturated rings. The van der Waals surface area contributed by atoms with Gasteiger partial charge in [-0.15, -0.1) is 0 Å². The van der Waals surface area contributed by atoms with Crippen LogP contribution in [-0.2, 0) is 0 Å². The number of nitrogens with two attached hydrogens (primary N) is 1. The van der Waals surface area contributed by atoms with Crippen LogP contribution in [0.2, 0.25) is 0 Å². The van der Waals surface area contributed by atoms with Gasteiger partial charge in [-0.2, -0.15) is 0 Å². The molecule has 0 saturated heterocycles. The third-order valence-electron chi connectivity index (χ3n) is 3.14. The topological polar surface area (TPSA) is 49.5 Å². The molecule has 0 aromatic carbocycles. The number of rotatable bonds is 7. The number of likely N-dealkylation sites (N-methyl/N-ethyl adjacent to an activating group) is 1. The van der Waals surface area contributed by atoms with Crippen LogP contribution < -0.4 is 5.73 Å². The second-order valence-corrected chi connectivity index (χ2v) is 4.76. The van der Waals surface area contributed by atoms with Crippen molar-refractivity contribution in [3.05, 3.63) is 0 Å². The van der Waals surface area contributed by atoms with Crippen LogP contribution in [0.15, 0.2) is 0 Å². The highest BCUT2D eigenvalue weighted by Gasteiger charge is 2.42. The minimum Gasteiger partial charge on any atom is -0.394 e. The van der Waals surface area contributed by atoms with E-state index in [1.54, 1.807) is 0 Å². The van der Waals surface area contributed by atoms with E-state index in [4.69, 9.17) is 5.73 Å². The van der Waals surface area contributed by atoms with Gasteiger partial charge in [0, 0.05) is 6.54 Å². The summed E-state index contributed by atoms with van der Waals surface area (Å²) in [6.07, 6.45) is 4.81. The zero-order valence-electron chi connectivity index (χ0n) is 9.50. The van der Waals surface area contributed by atoms with E-state index < -0.39 is 0 Å². The fraction of sp³-hybridized carbons (Fsp3) is 1.00. The number of aliphatic hydroxyl groups excluding tert-OH is 1. The SMILES string of the molecule is CCCCN(C)CC(N)(CO)C1CC1. The molecule has 1 aliphatic carbocycles. The van der Waals surface area contributed by atoms with Crippen LogP contribution in [0.4, 0.5) is 0 Å². The summed E-state index contributed by atoms with van der Waals surface area (Å²) < 4.78 is 0. The Bertz CT molecular complexity index is 171. The molecule has 3 N–H and O–H groups in total. The van der Waals surface area contributed by atoms with Crippen LogP contribution in [0.5, 0.6) is 0 Å². The standard InChI is InChI=1S/C11H24N2O/c1-3-4-7-13(2)8-11(12,9-14)10-5-6-10/h10,14H,3-9,12H2,1-2H3. The summed E-state index contributed by atoms with van der Waals surface area (Å²) in [4.78, 5) is 2.25. The van der Waals surface area contributed by atoms with E-state index in [9.17, 15) is 5.11 Å². The second-order valence-electron chi connectivity index (χ2n) is 4.76. The third kappa shape index (κ3) is 3.23. The molecular weight excluding hydrogens is 176 g/mol. The molecule has 0 radical (unpaired) electrons. The molecule has 0 spiro atoms. The maximum atomic E-state index is 9.32. The maximum Gasteiger partial charge on any atom is 0.0626 e. The molecule has 0 heterocycles. The van der Waals surface area contributed by atoms with Crippen LogP contribution in [0, 0.1) is 5.92 Å². The summed E-state index contributed by atoms with van der Waals surface area (Å²) in [7, 11) is 2.09. The Morgan fingerprint density at radius 2 is 2.14 bits per heavy atom. The number of unbranched alkanes of at least 4 members (excludes halogenated alkanes) is 1. The monoisotopic (exact) mass is 200 g/mol. The molecule has 0 aliphatic heterocycles. The summed E-state index contributed by atoms with van der Waals surface area (Å²) in [5, 5.41) is 9.32. The van der Waals surface area contributed by atoms with Crippen molar-refractivity contribution in [1.82, 2.24) is 4.90 Å². The van der Waals surface area contributed by atoms with Crippen LogP contribution in [0.3, 0.4) is 0 Å². The fourth-order valence-electron chi connectivity index (χ4n) is 1.98. The first kappa shape index (κ1) is 12.0. The lowest BCUT2D eigenvalue weighted by Crippen LogP contribution is -2.54. The van der Waals surface area contributed by atoms with E-state index in [1.807, 2.05) is 0 Å². The van der Waals surface area contributed by atoms with E-state index in [-0.39, 0.29) is 12.1 Å². The zero-order valence-corrected chi connectivity index (χ0v) is 9.50. The van der Waals surface area contributed by atoms with Crippen molar-refractivity contribution >= 4 is 0 Å². The van der Waals surface area contributed by atoms with Gasteiger partial charge in [0.1, 0.15) is 0 Å². The average Bonchev–Trinajstić information content (AvgIpc) is 2.97. The van der Waals surface area contributed by atoms with Gasteiger partial charge in [0.15, 0.2) is 0 Å². The van der Waals surface area contributed by atoms with Gasteiger partial charge in [-0.25, -0.2) is 0 Å². The predicted octanol–water partition coefficient (Wildman–Crippen LogP) is 0.818. The first-order chi connectivity index (χ1) is 6.62. The lowest BCUT2D eigenvalue weighted by atomic mass is 9.95. The molecule has 0 bridgehead atoms. The quantitative estimate of drug-likeness (QED) is 0.639. The fourth-order valence-corrected chi connectivity index (χ4v) is 1.98. The lowest BCUT2D eigenvalue weighted by molar-refractivity contribution is 0.133. The summed E-state index contributed by atoms with van der Waals surface area (Å²) in [6, 6.07) is 0. The van der Waals surface area contributed by atoms with Gasteiger partial charge in [0.25, 0.3) is 0 Å². The molecule has 1 atom stereocenters. The van der Waals surface area contributed by atoms with Crippen molar-refractivity contribution in [3.63, 3.8) is 0 Å². The van der Waals surface area contributed by atoms with Gasteiger partial charge in [-0.05, 0) is 38.8 Å². The van der Waals surface area contributed by atoms with Crippen LogP contribution >= 0.6 is 0 Å². The molecule has 14 heavy (non-hydrogen) atoms. The first-order valence-electron chi connectivity index (χ1n) is 5.70. The highest BCUT2D eigenvalue weighted by Crippen LogP contribution is 2.38. The predicted molar refractivity (Wildman–Crippen MR) is 59.1 cm³/mol. The molecule has 1 aliphatic rings. The van der Waals surface area contributed by atoms with Crippen LogP contribution in [-0.4, -0.2) is 42.3 Å². The van der Waals surface area contributed by atoms with E-state index >= 15 is 0 Å². The maximum absolute atomic E-state index is 9.32. The highest BCUT2D eigenvalue weighted by atomic mass is 16.3. The molecule has 0 aromatic rings. The van der Waals surface area contributed by atoms with Gasteiger partial charge in [0.2, 0.25) is 0 Å². The van der Waals surface area contributed by atoms with Crippen LogP contribution in [0.1, 0.15) is 32.6 Å². The van der Waals surface area contributed by atoms with Gasteiger partial charge < -0.3 is 15.7 Å². The Labute approximate surface area is 87.3 Å². The first-order valence-corrected chi connectivity index (χ1v) is 5.70. The smallest absolute Gasteiger partial charge is 0.0626 e. The molecule has 84 valence electrons. The molecule has 1 unspecified atom stereocenters. The van der Waals surface area contributed by atoms with Gasteiger partial charge in [0.05, 0.1) is 12.1 Å². The van der Waals surface area contributed by atoms with Crippen LogP contribution in [0.25, 0.3) is 0 Å². The van der Waals surface area contributed by atoms with E-state index in [2.05, 4.69) is 18.9 Å². The van der Waals surface area contributed by atoms with Crippen molar-refractivity contribution in [1.29, 1.82) is 0 Å². The highest BCUT2D eigenvalue weighted by molar-refractivity contribution is 4.99. The Hall–Kier alpha value is -0.120. The molecule has 3 heteroatoms. The van der Waals surface area contributed by atoms with Gasteiger partial charge >= 0.3 is 0 Å².